The highest BCUT2D eigenvalue weighted by atomic mass is 16.5. The molecule has 0 aliphatic heterocycles. The van der Waals surface area contributed by atoms with Crippen LogP contribution in [0, 0.1) is 0 Å². The highest BCUT2D eigenvalue weighted by molar-refractivity contribution is 5.80. The maximum Gasteiger partial charge on any atom is 0.260 e. The highest BCUT2D eigenvalue weighted by Crippen LogP contribution is 2.20. The summed E-state index contributed by atoms with van der Waals surface area (Å²) >= 11 is 0. The molecule has 2 aromatic rings. The van der Waals surface area contributed by atoms with Crippen LogP contribution in [0.25, 0.3) is 0 Å². The lowest BCUT2D eigenvalue weighted by Gasteiger charge is -2.15. The number of amides is 1. The summed E-state index contributed by atoms with van der Waals surface area (Å²) in [5.41, 5.74) is 0. The Balaban J connectivity index is 1.73. The average molecular weight is 345 g/mol. The molecule has 2 aromatic carbocycles. The van der Waals surface area contributed by atoms with Crippen molar-refractivity contribution in [1.29, 1.82) is 0 Å². The minimum Gasteiger partial charge on any atom is -0.497 e. The molecule has 0 aliphatic carbocycles. The van der Waals surface area contributed by atoms with Gasteiger partial charge in [0.15, 0.2) is 6.10 Å². The molecule has 0 heterocycles. The van der Waals surface area contributed by atoms with Gasteiger partial charge in [0.05, 0.1) is 20.8 Å². The van der Waals surface area contributed by atoms with Crippen molar-refractivity contribution in [2.24, 2.45) is 0 Å². The molecule has 0 aromatic heterocycles. The Morgan fingerprint density at radius 2 is 1.52 bits per heavy atom. The summed E-state index contributed by atoms with van der Waals surface area (Å²) in [7, 11) is 3.18. The second-order valence-electron chi connectivity index (χ2n) is 5.26. The van der Waals surface area contributed by atoms with Crippen LogP contribution in [0.15, 0.2) is 48.5 Å². The molecule has 1 atom stereocenters. The predicted molar refractivity (Wildman–Crippen MR) is 94.6 cm³/mol. The van der Waals surface area contributed by atoms with Crippen LogP contribution in [0.3, 0.4) is 0 Å². The van der Waals surface area contributed by atoms with Gasteiger partial charge in [-0.05, 0) is 31.2 Å². The number of ether oxygens (including phenoxy) is 4. The first-order valence-corrected chi connectivity index (χ1v) is 7.97. The quantitative estimate of drug-likeness (QED) is 0.708. The lowest BCUT2D eigenvalue weighted by molar-refractivity contribution is -0.127. The molecule has 0 saturated heterocycles. The van der Waals surface area contributed by atoms with Crippen LogP contribution < -0.4 is 24.3 Å². The van der Waals surface area contributed by atoms with Crippen molar-refractivity contribution in [3.8, 4) is 23.0 Å². The highest BCUT2D eigenvalue weighted by Gasteiger charge is 2.14. The molecule has 134 valence electrons. The zero-order chi connectivity index (χ0) is 18.1. The molecule has 0 spiro atoms. The number of carbonyl (C=O) groups excluding carboxylic acids is 1. The second kappa shape index (κ2) is 9.42. The monoisotopic (exact) mass is 345 g/mol. The van der Waals surface area contributed by atoms with Crippen LogP contribution in [0.2, 0.25) is 0 Å². The molecular weight excluding hydrogens is 322 g/mol. The third-order valence-corrected chi connectivity index (χ3v) is 3.43. The molecule has 0 fully saturated rings. The van der Waals surface area contributed by atoms with Crippen molar-refractivity contribution in [2.45, 2.75) is 13.0 Å². The summed E-state index contributed by atoms with van der Waals surface area (Å²) in [6.07, 6.45) is -0.621. The SMILES string of the molecule is COc1cccc(OCCNC(=O)[C@@H](C)Oc2cccc(OC)c2)c1. The van der Waals surface area contributed by atoms with Gasteiger partial charge in [-0.3, -0.25) is 4.79 Å². The van der Waals surface area contributed by atoms with E-state index in [-0.39, 0.29) is 5.91 Å². The van der Waals surface area contributed by atoms with Gasteiger partial charge in [0.1, 0.15) is 29.6 Å². The molecule has 0 unspecified atom stereocenters. The van der Waals surface area contributed by atoms with Crippen molar-refractivity contribution in [1.82, 2.24) is 5.32 Å². The van der Waals surface area contributed by atoms with Gasteiger partial charge in [-0.2, -0.15) is 0 Å². The van der Waals surface area contributed by atoms with E-state index in [1.807, 2.05) is 24.3 Å². The van der Waals surface area contributed by atoms with Gasteiger partial charge in [-0.1, -0.05) is 12.1 Å². The Kier molecular flexibility index (Phi) is 6.95. The van der Waals surface area contributed by atoms with Crippen molar-refractivity contribution in [3.05, 3.63) is 48.5 Å². The van der Waals surface area contributed by atoms with Gasteiger partial charge < -0.3 is 24.3 Å². The zero-order valence-electron chi connectivity index (χ0n) is 14.7. The number of rotatable bonds is 9. The first-order valence-electron chi connectivity index (χ1n) is 7.97. The van der Waals surface area contributed by atoms with Gasteiger partial charge in [0, 0.05) is 12.1 Å². The van der Waals surface area contributed by atoms with Crippen LogP contribution in [0.4, 0.5) is 0 Å². The fourth-order valence-corrected chi connectivity index (χ4v) is 2.11. The normalized spacial score (nSPS) is 11.3. The van der Waals surface area contributed by atoms with Gasteiger partial charge in [0.2, 0.25) is 0 Å². The first-order chi connectivity index (χ1) is 12.1. The number of nitrogens with one attached hydrogen (secondary N) is 1. The number of hydrogen-bond acceptors (Lipinski definition) is 5. The lowest BCUT2D eigenvalue weighted by atomic mass is 10.3. The Labute approximate surface area is 147 Å². The topological polar surface area (TPSA) is 66.0 Å². The van der Waals surface area contributed by atoms with Crippen LogP contribution >= 0.6 is 0 Å². The molecule has 1 amide bonds. The maximum absolute atomic E-state index is 12.1. The average Bonchev–Trinajstić information content (AvgIpc) is 2.65. The molecule has 2 rings (SSSR count). The van der Waals surface area contributed by atoms with E-state index in [0.717, 1.165) is 5.75 Å². The largest absolute Gasteiger partial charge is 0.497 e. The summed E-state index contributed by atoms with van der Waals surface area (Å²) in [6.45, 7) is 2.42. The molecular formula is C19H23NO5. The second-order valence-corrected chi connectivity index (χ2v) is 5.26. The van der Waals surface area contributed by atoms with E-state index in [1.165, 1.54) is 0 Å². The van der Waals surface area contributed by atoms with Gasteiger partial charge in [-0.15, -0.1) is 0 Å². The van der Waals surface area contributed by atoms with Crippen molar-refractivity contribution < 1.29 is 23.7 Å². The maximum atomic E-state index is 12.1. The fraction of sp³-hybridized carbons (Fsp3) is 0.316. The van der Waals surface area contributed by atoms with Crippen molar-refractivity contribution in [3.63, 3.8) is 0 Å². The summed E-state index contributed by atoms with van der Waals surface area (Å²) < 4.78 is 21.4. The molecule has 6 heteroatoms. The third kappa shape index (κ3) is 5.91. The minimum absolute atomic E-state index is 0.211. The van der Waals surface area contributed by atoms with Gasteiger partial charge in [0.25, 0.3) is 5.91 Å². The zero-order valence-corrected chi connectivity index (χ0v) is 14.7. The standard InChI is InChI=1S/C19H23NO5/c1-14(25-18-9-5-7-16(13-18)23-3)19(21)20-10-11-24-17-8-4-6-15(12-17)22-2/h4-9,12-14H,10-11H2,1-3H3,(H,20,21)/t14-/m1/s1. The fourth-order valence-electron chi connectivity index (χ4n) is 2.11. The summed E-state index contributed by atoms with van der Waals surface area (Å²) in [5.74, 6) is 2.46. The summed E-state index contributed by atoms with van der Waals surface area (Å²) in [5, 5.41) is 2.78. The van der Waals surface area contributed by atoms with E-state index in [4.69, 9.17) is 18.9 Å². The Morgan fingerprint density at radius 1 is 0.960 bits per heavy atom. The molecule has 0 radical (unpaired) electrons. The van der Waals surface area contributed by atoms with Crippen LogP contribution in [-0.2, 0) is 4.79 Å². The number of carbonyl (C=O) groups is 1. The van der Waals surface area contributed by atoms with E-state index in [9.17, 15) is 4.79 Å². The van der Waals surface area contributed by atoms with E-state index >= 15 is 0 Å². The molecule has 0 saturated carbocycles. The third-order valence-electron chi connectivity index (χ3n) is 3.43. The van der Waals surface area contributed by atoms with Crippen LogP contribution in [0.1, 0.15) is 6.92 Å². The first kappa shape index (κ1) is 18.4. The van der Waals surface area contributed by atoms with Gasteiger partial charge >= 0.3 is 0 Å². The van der Waals surface area contributed by atoms with Crippen molar-refractivity contribution >= 4 is 5.91 Å². The minimum atomic E-state index is -0.621. The van der Waals surface area contributed by atoms with Crippen molar-refractivity contribution in [2.75, 3.05) is 27.4 Å². The molecule has 0 bridgehead atoms. The van der Waals surface area contributed by atoms with Crippen LogP contribution in [0.5, 0.6) is 23.0 Å². The molecule has 6 nitrogen and oxygen atoms in total. The lowest BCUT2D eigenvalue weighted by Crippen LogP contribution is -2.38. The number of hydrogen-bond donors (Lipinski definition) is 1. The van der Waals surface area contributed by atoms with E-state index in [1.54, 1.807) is 45.4 Å². The Morgan fingerprint density at radius 3 is 2.16 bits per heavy atom. The van der Waals surface area contributed by atoms with E-state index in [2.05, 4.69) is 5.32 Å². The number of methoxy groups -OCH3 is 2. The molecule has 1 N–H and O–H groups in total. The Bertz CT molecular complexity index is 689. The van der Waals surface area contributed by atoms with E-state index in [0.29, 0.717) is 30.4 Å². The summed E-state index contributed by atoms with van der Waals surface area (Å²) in [6, 6.07) is 14.4. The molecule has 0 aliphatic rings. The van der Waals surface area contributed by atoms with Gasteiger partial charge in [-0.25, -0.2) is 0 Å². The molecule has 25 heavy (non-hydrogen) atoms. The predicted octanol–water partition coefficient (Wildman–Crippen LogP) is 2.67. The smallest absolute Gasteiger partial charge is 0.260 e. The number of benzene rings is 2. The van der Waals surface area contributed by atoms with E-state index < -0.39 is 6.10 Å². The Hall–Kier alpha value is -2.89. The summed E-state index contributed by atoms with van der Waals surface area (Å²) in [4.78, 5) is 12.1. The van der Waals surface area contributed by atoms with Crippen LogP contribution in [-0.4, -0.2) is 39.4 Å².